The first kappa shape index (κ1) is 11.4. The zero-order chi connectivity index (χ0) is 12.5. The first-order valence-corrected chi connectivity index (χ1v) is 6.39. The number of furan rings is 1. The lowest BCUT2D eigenvalue weighted by Crippen LogP contribution is -2.12. The summed E-state index contributed by atoms with van der Waals surface area (Å²) in [6.07, 6.45) is 3.40. The Morgan fingerprint density at radius 2 is 1.94 bits per heavy atom. The molecule has 0 saturated heterocycles. The molecule has 0 saturated carbocycles. The molecule has 0 aliphatic heterocycles. The van der Waals surface area contributed by atoms with Crippen molar-refractivity contribution in [3.8, 4) is 0 Å². The highest BCUT2D eigenvalue weighted by Gasteiger charge is 2.17. The number of benzene rings is 1. The lowest BCUT2D eigenvalue weighted by molar-refractivity contribution is 0.535. The van der Waals surface area contributed by atoms with Gasteiger partial charge in [-0.2, -0.15) is 0 Å². The van der Waals surface area contributed by atoms with E-state index in [-0.39, 0.29) is 6.04 Å². The van der Waals surface area contributed by atoms with Gasteiger partial charge in [0.25, 0.3) is 0 Å². The van der Waals surface area contributed by atoms with Gasteiger partial charge < -0.3 is 10.2 Å². The van der Waals surface area contributed by atoms with Gasteiger partial charge in [-0.05, 0) is 33.6 Å². The molecule has 3 rings (SSSR count). The molecule has 2 aromatic heterocycles. The number of halogens is 1. The summed E-state index contributed by atoms with van der Waals surface area (Å²) < 4.78 is 5.90. The number of nitrogens with zero attached hydrogens (tertiary/aromatic N) is 1. The molecule has 3 nitrogen and oxygen atoms in total. The molecular formula is C14H11BrN2O. The Balaban J connectivity index is 2.18. The molecule has 0 aliphatic carbocycles. The Morgan fingerprint density at radius 1 is 1.11 bits per heavy atom. The normalized spacial score (nSPS) is 12.8. The Kier molecular flexibility index (Phi) is 2.89. The van der Waals surface area contributed by atoms with Crippen molar-refractivity contribution in [3.05, 3.63) is 64.7 Å². The fourth-order valence-corrected chi connectivity index (χ4v) is 2.56. The number of aromatic nitrogens is 1. The van der Waals surface area contributed by atoms with Crippen molar-refractivity contribution >= 4 is 26.8 Å². The van der Waals surface area contributed by atoms with Crippen molar-refractivity contribution < 1.29 is 4.42 Å². The first-order valence-electron chi connectivity index (χ1n) is 5.59. The third-order valence-electron chi connectivity index (χ3n) is 2.98. The topological polar surface area (TPSA) is 52.0 Å². The molecule has 2 heterocycles. The smallest absolute Gasteiger partial charge is 0.174 e. The number of hydrogen-bond donors (Lipinski definition) is 1. The highest BCUT2D eigenvalue weighted by molar-refractivity contribution is 9.10. The lowest BCUT2D eigenvalue weighted by Gasteiger charge is -2.12. The third kappa shape index (κ3) is 1.83. The van der Waals surface area contributed by atoms with Crippen molar-refractivity contribution in [2.45, 2.75) is 6.04 Å². The number of nitrogens with two attached hydrogens (primary N) is 1. The standard InChI is InChI=1S/C14H11BrN2O/c15-14-11(6-8-18-14)12(16)10-5-1-3-9-4-2-7-17-13(9)10/h1-8,12H,16H2. The molecule has 90 valence electrons. The molecule has 0 spiro atoms. The van der Waals surface area contributed by atoms with Gasteiger partial charge in [-0.15, -0.1) is 0 Å². The van der Waals surface area contributed by atoms with Gasteiger partial charge in [0.1, 0.15) is 0 Å². The lowest BCUT2D eigenvalue weighted by atomic mass is 9.99. The van der Waals surface area contributed by atoms with E-state index in [1.807, 2.05) is 36.4 Å². The van der Waals surface area contributed by atoms with Crippen LogP contribution in [-0.4, -0.2) is 4.98 Å². The van der Waals surface area contributed by atoms with Crippen LogP contribution in [-0.2, 0) is 0 Å². The minimum Gasteiger partial charge on any atom is -0.457 e. The summed E-state index contributed by atoms with van der Waals surface area (Å²) >= 11 is 3.36. The van der Waals surface area contributed by atoms with Crippen molar-refractivity contribution in [3.63, 3.8) is 0 Å². The van der Waals surface area contributed by atoms with Gasteiger partial charge >= 0.3 is 0 Å². The molecule has 4 heteroatoms. The van der Waals surface area contributed by atoms with Crippen molar-refractivity contribution in [1.82, 2.24) is 4.98 Å². The zero-order valence-corrected chi connectivity index (χ0v) is 11.1. The molecule has 3 aromatic rings. The minimum atomic E-state index is -0.253. The maximum atomic E-state index is 6.30. The Hall–Kier alpha value is -1.65. The van der Waals surface area contributed by atoms with Gasteiger partial charge in [0, 0.05) is 17.1 Å². The molecule has 2 N–H and O–H groups in total. The summed E-state index contributed by atoms with van der Waals surface area (Å²) in [4.78, 5) is 4.42. The second-order valence-corrected chi connectivity index (χ2v) is 4.77. The van der Waals surface area contributed by atoms with E-state index < -0.39 is 0 Å². The molecule has 1 atom stereocenters. The molecule has 0 aliphatic rings. The fourth-order valence-electron chi connectivity index (χ4n) is 2.07. The fraction of sp³-hybridized carbons (Fsp3) is 0.0714. The van der Waals surface area contributed by atoms with Gasteiger partial charge in [-0.25, -0.2) is 0 Å². The van der Waals surface area contributed by atoms with E-state index in [0.29, 0.717) is 4.67 Å². The minimum absolute atomic E-state index is 0.253. The third-order valence-corrected chi connectivity index (χ3v) is 3.62. The van der Waals surface area contributed by atoms with Gasteiger partial charge in [0.15, 0.2) is 4.67 Å². The summed E-state index contributed by atoms with van der Waals surface area (Å²) in [5, 5.41) is 1.09. The molecule has 0 amide bonds. The molecule has 0 radical (unpaired) electrons. The average Bonchev–Trinajstić information content (AvgIpc) is 2.83. The highest BCUT2D eigenvalue weighted by atomic mass is 79.9. The van der Waals surface area contributed by atoms with Crippen LogP contribution in [0.1, 0.15) is 17.2 Å². The summed E-state index contributed by atoms with van der Waals surface area (Å²) in [5.41, 5.74) is 9.15. The summed E-state index contributed by atoms with van der Waals surface area (Å²) in [5.74, 6) is 0. The van der Waals surface area contributed by atoms with E-state index in [0.717, 1.165) is 22.0 Å². The number of hydrogen-bond acceptors (Lipinski definition) is 3. The molecule has 18 heavy (non-hydrogen) atoms. The van der Waals surface area contributed by atoms with Crippen LogP contribution in [0.2, 0.25) is 0 Å². The van der Waals surface area contributed by atoms with Gasteiger partial charge in [-0.1, -0.05) is 24.3 Å². The molecule has 1 aromatic carbocycles. The summed E-state index contributed by atoms with van der Waals surface area (Å²) in [6.45, 7) is 0. The first-order chi connectivity index (χ1) is 8.77. The number of para-hydroxylation sites is 1. The zero-order valence-electron chi connectivity index (χ0n) is 9.51. The van der Waals surface area contributed by atoms with E-state index in [4.69, 9.17) is 10.2 Å². The van der Waals surface area contributed by atoms with E-state index in [1.54, 1.807) is 12.5 Å². The maximum absolute atomic E-state index is 6.30. The monoisotopic (exact) mass is 302 g/mol. The molecule has 0 fully saturated rings. The molecular weight excluding hydrogens is 292 g/mol. The Labute approximate surface area is 113 Å². The van der Waals surface area contributed by atoms with Crippen LogP contribution in [0.25, 0.3) is 10.9 Å². The quantitative estimate of drug-likeness (QED) is 0.786. The van der Waals surface area contributed by atoms with E-state index in [2.05, 4.69) is 20.9 Å². The van der Waals surface area contributed by atoms with Crippen LogP contribution in [0.3, 0.4) is 0 Å². The van der Waals surface area contributed by atoms with Gasteiger partial charge in [0.05, 0.1) is 17.8 Å². The number of pyridine rings is 1. The van der Waals surface area contributed by atoms with Crippen molar-refractivity contribution in [2.75, 3.05) is 0 Å². The second-order valence-electron chi connectivity index (χ2n) is 4.05. The van der Waals surface area contributed by atoms with Gasteiger partial charge in [-0.3, -0.25) is 4.98 Å². The predicted octanol–water partition coefficient (Wildman–Crippen LogP) is 3.64. The van der Waals surface area contributed by atoms with Crippen LogP contribution in [0, 0.1) is 0 Å². The van der Waals surface area contributed by atoms with Crippen molar-refractivity contribution in [2.24, 2.45) is 5.73 Å². The SMILES string of the molecule is NC(c1ccoc1Br)c1cccc2cccnc12. The van der Waals surface area contributed by atoms with Crippen LogP contribution in [0.5, 0.6) is 0 Å². The predicted molar refractivity (Wildman–Crippen MR) is 74.2 cm³/mol. The Bertz CT molecular complexity index is 688. The van der Waals surface area contributed by atoms with E-state index in [9.17, 15) is 0 Å². The summed E-state index contributed by atoms with van der Waals surface area (Å²) in [6, 6.07) is 11.6. The van der Waals surface area contributed by atoms with Crippen LogP contribution in [0.4, 0.5) is 0 Å². The van der Waals surface area contributed by atoms with Crippen LogP contribution < -0.4 is 5.73 Å². The van der Waals surface area contributed by atoms with Gasteiger partial charge in [0.2, 0.25) is 0 Å². The Morgan fingerprint density at radius 3 is 2.72 bits per heavy atom. The van der Waals surface area contributed by atoms with Crippen molar-refractivity contribution in [1.29, 1.82) is 0 Å². The highest BCUT2D eigenvalue weighted by Crippen LogP contribution is 2.30. The largest absolute Gasteiger partial charge is 0.457 e. The second kappa shape index (κ2) is 4.55. The molecule has 0 bridgehead atoms. The van der Waals surface area contributed by atoms with E-state index in [1.165, 1.54) is 0 Å². The van der Waals surface area contributed by atoms with Crippen LogP contribution in [0.15, 0.2) is 57.9 Å². The number of rotatable bonds is 2. The maximum Gasteiger partial charge on any atom is 0.174 e. The summed E-state index contributed by atoms with van der Waals surface area (Å²) in [7, 11) is 0. The van der Waals surface area contributed by atoms with Crippen LogP contribution >= 0.6 is 15.9 Å². The van der Waals surface area contributed by atoms with E-state index >= 15 is 0 Å². The molecule has 1 unspecified atom stereocenters. The average molecular weight is 303 g/mol. The number of fused-ring (bicyclic) bond motifs is 1.